The molecule has 0 aliphatic carbocycles. The molecule has 1 heterocycles. The Morgan fingerprint density at radius 3 is 3.00 bits per heavy atom. The van der Waals surface area contributed by atoms with Crippen LogP contribution < -0.4 is 4.74 Å². The van der Waals surface area contributed by atoms with E-state index in [0.29, 0.717) is 6.61 Å². The number of likely N-dealkylation sites (tertiary alicyclic amines) is 1. The highest BCUT2D eigenvalue weighted by Crippen LogP contribution is 2.21. The largest absolute Gasteiger partial charge is 0.492 e. The Balaban J connectivity index is 1.77. The van der Waals surface area contributed by atoms with Crippen molar-refractivity contribution in [2.75, 3.05) is 26.2 Å². The van der Waals surface area contributed by atoms with Crippen LogP contribution in [-0.2, 0) is 4.79 Å². The van der Waals surface area contributed by atoms with Gasteiger partial charge in [0.15, 0.2) is 0 Å². The number of ether oxygens (including phenoxy) is 1. The smallest absolute Gasteiger partial charge is 0.303 e. The van der Waals surface area contributed by atoms with Gasteiger partial charge in [0.1, 0.15) is 12.4 Å². The minimum Gasteiger partial charge on any atom is -0.492 e. The van der Waals surface area contributed by atoms with Gasteiger partial charge in [-0.2, -0.15) is 0 Å². The molecular formula is C17H25NO3. The number of hydrogen-bond donors (Lipinski definition) is 1. The van der Waals surface area contributed by atoms with Gasteiger partial charge in [-0.15, -0.1) is 0 Å². The van der Waals surface area contributed by atoms with Crippen molar-refractivity contribution in [1.82, 2.24) is 4.90 Å². The van der Waals surface area contributed by atoms with Crippen LogP contribution in [0.5, 0.6) is 5.75 Å². The van der Waals surface area contributed by atoms with Crippen LogP contribution in [0.15, 0.2) is 18.2 Å². The molecule has 0 spiro atoms. The second kappa shape index (κ2) is 7.46. The topological polar surface area (TPSA) is 49.8 Å². The van der Waals surface area contributed by atoms with Crippen LogP contribution in [0.3, 0.4) is 0 Å². The first-order chi connectivity index (χ1) is 10.0. The average molecular weight is 291 g/mol. The Labute approximate surface area is 126 Å². The number of aryl methyl sites for hydroxylation is 2. The molecule has 2 rings (SSSR count). The fourth-order valence-corrected chi connectivity index (χ4v) is 2.92. The number of carboxylic acids is 1. The van der Waals surface area contributed by atoms with Gasteiger partial charge in [-0.1, -0.05) is 12.1 Å². The lowest BCUT2D eigenvalue weighted by molar-refractivity contribution is -0.138. The average Bonchev–Trinajstić information content (AvgIpc) is 2.42. The summed E-state index contributed by atoms with van der Waals surface area (Å²) in [7, 11) is 0. The molecule has 0 radical (unpaired) electrons. The van der Waals surface area contributed by atoms with E-state index in [2.05, 4.69) is 36.9 Å². The highest BCUT2D eigenvalue weighted by atomic mass is 16.5. The molecule has 1 fully saturated rings. The summed E-state index contributed by atoms with van der Waals surface area (Å²) >= 11 is 0. The number of aliphatic carboxylic acids is 1. The third kappa shape index (κ3) is 5.05. The molecule has 4 nitrogen and oxygen atoms in total. The normalized spacial score (nSPS) is 19.4. The molecule has 1 aliphatic heterocycles. The number of rotatable bonds is 6. The molecule has 116 valence electrons. The van der Waals surface area contributed by atoms with E-state index < -0.39 is 5.97 Å². The summed E-state index contributed by atoms with van der Waals surface area (Å²) in [4.78, 5) is 13.1. The zero-order valence-electron chi connectivity index (χ0n) is 13.0. The molecule has 1 aromatic rings. The molecular weight excluding hydrogens is 266 g/mol. The minimum absolute atomic E-state index is 0.286. The SMILES string of the molecule is Cc1ccc(C)c(OCCN2CCCC(CC(=O)O)C2)c1. The predicted molar refractivity (Wildman–Crippen MR) is 82.8 cm³/mol. The molecule has 0 amide bonds. The van der Waals surface area contributed by atoms with E-state index in [-0.39, 0.29) is 12.3 Å². The van der Waals surface area contributed by atoms with Gasteiger partial charge in [0.05, 0.1) is 0 Å². The molecule has 4 heteroatoms. The van der Waals surface area contributed by atoms with Crippen molar-refractivity contribution in [2.45, 2.75) is 33.1 Å². The summed E-state index contributed by atoms with van der Waals surface area (Å²) in [6.07, 6.45) is 2.40. The molecule has 1 aliphatic rings. The second-order valence-corrected chi connectivity index (χ2v) is 6.02. The highest BCUT2D eigenvalue weighted by Gasteiger charge is 2.21. The second-order valence-electron chi connectivity index (χ2n) is 6.02. The maximum absolute atomic E-state index is 10.8. The first-order valence-corrected chi connectivity index (χ1v) is 7.69. The van der Waals surface area contributed by atoms with E-state index in [1.807, 2.05) is 0 Å². The first kappa shape index (κ1) is 15.8. The molecule has 0 saturated carbocycles. The van der Waals surface area contributed by atoms with Crippen LogP contribution in [0, 0.1) is 19.8 Å². The Morgan fingerprint density at radius 1 is 1.43 bits per heavy atom. The summed E-state index contributed by atoms with van der Waals surface area (Å²) in [6.45, 7) is 7.56. The lowest BCUT2D eigenvalue weighted by atomic mass is 9.95. The standard InChI is InChI=1S/C17H25NO3/c1-13-5-6-14(2)16(10-13)21-9-8-18-7-3-4-15(12-18)11-17(19)20/h5-6,10,15H,3-4,7-9,11-12H2,1-2H3,(H,19,20). The number of benzene rings is 1. The third-order valence-corrected chi connectivity index (χ3v) is 4.08. The summed E-state index contributed by atoms with van der Waals surface area (Å²) < 4.78 is 5.88. The van der Waals surface area contributed by atoms with E-state index in [9.17, 15) is 4.79 Å². The van der Waals surface area contributed by atoms with E-state index in [1.54, 1.807) is 0 Å². The molecule has 1 atom stereocenters. The van der Waals surface area contributed by atoms with E-state index >= 15 is 0 Å². The maximum atomic E-state index is 10.8. The quantitative estimate of drug-likeness (QED) is 0.875. The monoisotopic (exact) mass is 291 g/mol. The molecule has 0 aromatic heterocycles. The van der Waals surface area contributed by atoms with Crippen molar-refractivity contribution >= 4 is 5.97 Å². The lowest BCUT2D eigenvalue weighted by Gasteiger charge is -2.31. The molecule has 21 heavy (non-hydrogen) atoms. The maximum Gasteiger partial charge on any atom is 0.303 e. The van der Waals surface area contributed by atoms with Gasteiger partial charge in [-0.05, 0) is 56.3 Å². The van der Waals surface area contributed by atoms with Crippen molar-refractivity contribution in [1.29, 1.82) is 0 Å². The van der Waals surface area contributed by atoms with Crippen LogP contribution in [-0.4, -0.2) is 42.2 Å². The van der Waals surface area contributed by atoms with Crippen LogP contribution in [0.4, 0.5) is 0 Å². The van der Waals surface area contributed by atoms with Crippen LogP contribution in [0.25, 0.3) is 0 Å². The van der Waals surface area contributed by atoms with Gasteiger partial charge in [0.25, 0.3) is 0 Å². The van der Waals surface area contributed by atoms with Crippen molar-refractivity contribution < 1.29 is 14.6 Å². The lowest BCUT2D eigenvalue weighted by Crippen LogP contribution is -2.38. The summed E-state index contributed by atoms with van der Waals surface area (Å²) in [5, 5.41) is 8.89. The van der Waals surface area contributed by atoms with E-state index in [4.69, 9.17) is 9.84 Å². The highest BCUT2D eigenvalue weighted by molar-refractivity contribution is 5.67. The Morgan fingerprint density at radius 2 is 2.24 bits per heavy atom. The van der Waals surface area contributed by atoms with Gasteiger partial charge in [-0.3, -0.25) is 9.69 Å². The zero-order valence-corrected chi connectivity index (χ0v) is 13.0. The summed E-state index contributed by atoms with van der Waals surface area (Å²) in [5.41, 5.74) is 2.36. The Kier molecular flexibility index (Phi) is 5.62. The summed E-state index contributed by atoms with van der Waals surface area (Å²) in [6, 6.07) is 6.23. The zero-order chi connectivity index (χ0) is 15.2. The van der Waals surface area contributed by atoms with Crippen molar-refractivity contribution in [3.8, 4) is 5.75 Å². The predicted octanol–water partition coefficient (Wildman–Crippen LogP) is 2.87. The number of carbonyl (C=O) groups is 1. The first-order valence-electron chi connectivity index (χ1n) is 7.69. The fraction of sp³-hybridized carbons (Fsp3) is 0.588. The Bertz CT molecular complexity index is 487. The molecule has 1 unspecified atom stereocenters. The van der Waals surface area contributed by atoms with E-state index in [1.165, 1.54) is 5.56 Å². The summed E-state index contributed by atoms with van der Waals surface area (Å²) in [5.74, 6) is 0.555. The van der Waals surface area contributed by atoms with Crippen molar-refractivity contribution in [3.05, 3.63) is 29.3 Å². The van der Waals surface area contributed by atoms with Gasteiger partial charge in [0, 0.05) is 19.5 Å². The number of nitrogens with zero attached hydrogens (tertiary/aromatic N) is 1. The molecule has 1 saturated heterocycles. The van der Waals surface area contributed by atoms with Crippen molar-refractivity contribution in [2.24, 2.45) is 5.92 Å². The number of hydrogen-bond acceptors (Lipinski definition) is 3. The van der Waals surface area contributed by atoms with Crippen LogP contribution in [0.1, 0.15) is 30.4 Å². The van der Waals surface area contributed by atoms with Gasteiger partial charge in [0.2, 0.25) is 0 Å². The van der Waals surface area contributed by atoms with Gasteiger partial charge in [-0.25, -0.2) is 0 Å². The number of carboxylic acid groups (broad SMARTS) is 1. The fourth-order valence-electron chi connectivity index (χ4n) is 2.92. The van der Waals surface area contributed by atoms with Gasteiger partial charge < -0.3 is 9.84 Å². The minimum atomic E-state index is -0.687. The Hall–Kier alpha value is -1.55. The van der Waals surface area contributed by atoms with Gasteiger partial charge >= 0.3 is 5.97 Å². The third-order valence-electron chi connectivity index (χ3n) is 4.08. The molecule has 0 bridgehead atoms. The van der Waals surface area contributed by atoms with Crippen LogP contribution in [0.2, 0.25) is 0 Å². The van der Waals surface area contributed by atoms with Crippen LogP contribution >= 0.6 is 0 Å². The molecule has 1 aromatic carbocycles. The van der Waals surface area contributed by atoms with E-state index in [0.717, 1.165) is 43.8 Å². The van der Waals surface area contributed by atoms with Crippen molar-refractivity contribution in [3.63, 3.8) is 0 Å². The number of piperidine rings is 1. The molecule has 1 N–H and O–H groups in total.